The van der Waals surface area contributed by atoms with Crippen LogP contribution >= 0.6 is 0 Å². The number of carbonyl (C=O) groups excluding carboxylic acids is 2. The first-order valence-electron chi connectivity index (χ1n) is 9.53. The molecule has 2 atom stereocenters. The van der Waals surface area contributed by atoms with Crippen LogP contribution in [0.15, 0.2) is 60.7 Å². The smallest absolute Gasteiger partial charge is 0.138 e. The van der Waals surface area contributed by atoms with E-state index in [1.165, 1.54) is 5.56 Å². The van der Waals surface area contributed by atoms with E-state index in [-0.39, 0.29) is 17.7 Å². The van der Waals surface area contributed by atoms with E-state index < -0.39 is 0 Å². The van der Waals surface area contributed by atoms with Gasteiger partial charge < -0.3 is 9.69 Å². The zero-order valence-electron chi connectivity index (χ0n) is 15.4. The molecule has 0 N–H and O–H groups in total. The summed E-state index contributed by atoms with van der Waals surface area (Å²) in [7, 11) is 0. The standard InChI is InChI=1S/C23H27NO2/c1-18(25)15-16-22(21-13-8-14-23(21)26)24(20-11-6-3-7-12-20)17-19-9-4-2-5-10-19/h2-7,9-12,21-22H,8,13-17H2,1H3. The SMILES string of the molecule is CC(=O)CCC(C1CCCC1=O)N(Cc1ccccc1)c1ccccc1. The van der Waals surface area contributed by atoms with Crippen LogP contribution in [0.4, 0.5) is 5.69 Å². The van der Waals surface area contributed by atoms with Gasteiger partial charge in [0.1, 0.15) is 11.6 Å². The number of Topliss-reactive ketones (excluding diaryl/α,β-unsaturated/α-hetero) is 2. The molecule has 0 amide bonds. The molecule has 1 aliphatic rings. The summed E-state index contributed by atoms with van der Waals surface area (Å²) in [6.07, 6.45) is 3.82. The maximum absolute atomic E-state index is 12.5. The zero-order valence-corrected chi connectivity index (χ0v) is 15.4. The summed E-state index contributed by atoms with van der Waals surface area (Å²) in [6, 6.07) is 20.7. The van der Waals surface area contributed by atoms with Crippen molar-refractivity contribution in [1.29, 1.82) is 0 Å². The predicted octanol–water partition coefficient (Wildman–Crippen LogP) is 4.80. The number of para-hydroxylation sites is 1. The van der Waals surface area contributed by atoms with Crippen LogP contribution in [-0.2, 0) is 16.1 Å². The van der Waals surface area contributed by atoms with Gasteiger partial charge in [-0.05, 0) is 43.9 Å². The third-order valence-electron chi connectivity index (χ3n) is 5.29. The van der Waals surface area contributed by atoms with E-state index in [2.05, 4.69) is 29.2 Å². The molecule has 0 aromatic heterocycles. The van der Waals surface area contributed by atoms with Crippen molar-refractivity contribution in [1.82, 2.24) is 0 Å². The van der Waals surface area contributed by atoms with Gasteiger partial charge in [-0.15, -0.1) is 0 Å². The zero-order chi connectivity index (χ0) is 18.4. The lowest BCUT2D eigenvalue weighted by atomic mass is 9.90. The molecule has 26 heavy (non-hydrogen) atoms. The number of hydrogen-bond acceptors (Lipinski definition) is 3. The summed E-state index contributed by atoms with van der Waals surface area (Å²) in [5, 5.41) is 0. The molecule has 0 bridgehead atoms. The molecule has 1 saturated carbocycles. The Hall–Kier alpha value is -2.42. The normalized spacial score (nSPS) is 17.9. The Morgan fingerprint density at radius 2 is 1.73 bits per heavy atom. The first kappa shape index (κ1) is 18.4. The van der Waals surface area contributed by atoms with Crippen molar-refractivity contribution in [2.24, 2.45) is 5.92 Å². The highest BCUT2D eigenvalue weighted by molar-refractivity contribution is 5.84. The van der Waals surface area contributed by atoms with E-state index in [9.17, 15) is 9.59 Å². The van der Waals surface area contributed by atoms with Crippen LogP contribution < -0.4 is 4.90 Å². The minimum atomic E-state index is 0.0262. The molecule has 0 saturated heterocycles. The number of nitrogens with zero attached hydrogens (tertiary/aromatic N) is 1. The summed E-state index contributed by atoms with van der Waals surface area (Å²) in [5.41, 5.74) is 2.33. The van der Waals surface area contributed by atoms with Gasteiger partial charge in [-0.2, -0.15) is 0 Å². The lowest BCUT2D eigenvalue weighted by Gasteiger charge is -2.37. The summed E-state index contributed by atoms with van der Waals surface area (Å²) >= 11 is 0. The van der Waals surface area contributed by atoms with Gasteiger partial charge >= 0.3 is 0 Å². The topological polar surface area (TPSA) is 37.4 Å². The summed E-state index contributed by atoms with van der Waals surface area (Å²) < 4.78 is 0. The van der Waals surface area contributed by atoms with Crippen molar-refractivity contribution in [3.05, 3.63) is 66.2 Å². The van der Waals surface area contributed by atoms with Crippen LogP contribution in [0.5, 0.6) is 0 Å². The van der Waals surface area contributed by atoms with Gasteiger partial charge in [0.05, 0.1) is 0 Å². The minimum absolute atomic E-state index is 0.0262. The van der Waals surface area contributed by atoms with Crippen molar-refractivity contribution in [3.63, 3.8) is 0 Å². The van der Waals surface area contributed by atoms with Crippen molar-refractivity contribution in [3.8, 4) is 0 Å². The summed E-state index contributed by atoms with van der Waals surface area (Å²) in [4.78, 5) is 26.5. The molecule has 0 radical (unpaired) electrons. The Morgan fingerprint density at radius 1 is 1.08 bits per heavy atom. The van der Waals surface area contributed by atoms with E-state index in [1.807, 2.05) is 36.4 Å². The molecule has 0 heterocycles. The molecule has 0 spiro atoms. The van der Waals surface area contributed by atoms with Crippen LogP contribution in [0.2, 0.25) is 0 Å². The van der Waals surface area contributed by atoms with Crippen molar-refractivity contribution < 1.29 is 9.59 Å². The maximum Gasteiger partial charge on any atom is 0.138 e. The fraction of sp³-hybridized carbons (Fsp3) is 0.391. The Bertz CT molecular complexity index is 726. The molecule has 0 aliphatic heterocycles. The molecule has 1 aliphatic carbocycles. The van der Waals surface area contributed by atoms with Crippen molar-refractivity contribution in [2.45, 2.75) is 51.6 Å². The number of anilines is 1. The number of carbonyl (C=O) groups is 2. The average molecular weight is 349 g/mol. The second-order valence-electron chi connectivity index (χ2n) is 7.22. The van der Waals surface area contributed by atoms with Crippen molar-refractivity contribution in [2.75, 3.05) is 4.90 Å². The van der Waals surface area contributed by atoms with Crippen LogP contribution in [0.1, 0.15) is 44.6 Å². The molecule has 2 aromatic rings. The van der Waals surface area contributed by atoms with Crippen LogP contribution in [0, 0.1) is 5.92 Å². The average Bonchev–Trinajstić information content (AvgIpc) is 3.08. The summed E-state index contributed by atoms with van der Waals surface area (Å²) in [6.45, 7) is 2.38. The highest BCUT2D eigenvalue weighted by Gasteiger charge is 2.35. The van der Waals surface area contributed by atoms with Crippen LogP contribution in [-0.4, -0.2) is 17.6 Å². The second kappa shape index (κ2) is 8.79. The third-order valence-corrected chi connectivity index (χ3v) is 5.29. The van der Waals surface area contributed by atoms with Crippen LogP contribution in [0.25, 0.3) is 0 Å². The molecular formula is C23H27NO2. The predicted molar refractivity (Wildman–Crippen MR) is 105 cm³/mol. The highest BCUT2D eigenvalue weighted by atomic mass is 16.1. The van der Waals surface area contributed by atoms with E-state index >= 15 is 0 Å². The Kier molecular flexibility index (Phi) is 6.21. The lowest BCUT2D eigenvalue weighted by molar-refractivity contribution is -0.122. The Labute approximate surface area is 156 Å². The van der Waals surface area contributed by atoms with Gasteiger partial charge in [0.15, 0.2) is 0 Å². The first-order valence-corrected chi connectivity index (χ1v) is 9.53. The molecule has 3 heteroatoms. The summed E-state index contributed by atoms with van der Waals surface area (Å²) in [5.74, 6) is 0.569. The van der Waals surface area contributed by atoms with E-state index in [0.29, 0.717) is 18.6 Å². The van der Waals surface area contributed by atoms with Gasteiger partial charge in [-0.1, -0.05) is 48.5 Å². The van der Waals surface area contributed by atoms with Gasteiger partial charge in [0, 0.05) is 37.0 Å². The number of benzene rings is 2. The van der Waals surface area contributed by atoms with E-state index in [4.69, 9.17) is 0 Å². The van der Waals surface area contributed by atoms with Gasteiger partial charge in [0.2, 0.25) is 0 Å². The van der Waals surface area contributed by atoms with Gasteiger partial charge in [0.25, 0.3) is 0 Å². The molecule has 2 unspecified atom stereocenters. The van der Waals surface area contributed by atoms with E-state index in [1.54, 1.807) is 6.92 Å². The second-order valence-corrected chi connectivity index (χ2v) is 7.22. The fourth-order valence-electron chi connectivity index (χ4n) is 3.97. The van der Waals surface area contributed by atoms with E-state index in [0.717, 1.165) is 31.5 Å². The Balaban J connectivity index is 1.94. The Morgan fingerprint density at radius 3 is 2.31 bits per heavy atom. The quantitative estimate of drug-likeness (QED) is 0.687. The first-order chi connectivity index (χ1) is 12.6. The van der Waals surface area contributed by atoms with Gasteiger partial charge in [-0.25, -0.2) is 0 Å². The lowest BCUT2D eigenvalue weighted by Crippen LogP contribution is -2.42. The molecular weight excluding hydrogens is 322 g/mol. The minimum Gasteiger partial charge on any atom is -0.363 e. The molecule has 3 nitrogen and oxygen atoms in total. The van der Waals surface area contributed by atoms with Crippen molar-refractivity contribution >= 4 is 17.3 Å². The number of hydrogen-bond donors (Lipinski definition) is 0. The molecule has 3 rings (SSSR count). The number of rotatable bonds is 8. The number of ketones is 2. The van der Waals surface area contributed by atoms with Crippen LogP contribution in [0.3, 0.4) is 0 Å². The highest BCUT2D eigenvalue weighted by Crippen LogP contribution is 2.33. The fourth-order valence-corrected chi connectivity index (χ4v) is 3.97. The largest absolute Gasteiger partial charge is 0.363 e. The third kappa shape index (κ3) is 4.60. The molecule has 2 aromatic carbocycles. The monoisotopic (exact) mass is 349 g/mol. The molecule has 136 valence electrons. The van der Waals surface area contributed by atoms with Gasteiger partial charge in [-0.3, -0.25) is 4.79 Å². The molecule has 1 fully saturated rings. The maximum atomic E-state index is 12.5.